The quantitative estimate of drug-likeness (QED) is 0.180. The molecule has 42 heavy (non-hydrogen) atoms. The fourth-order valence-electron chi connectivity index (χ4n) is 4.19. The average Bonchev–Trinajstić information content (AvgIpc) is 3.38. The lowest BCUT2D eigenvalue weighted by atomic mass is 10.1. The Morgan fingerprint density at radius 3 is 2.79 bits per heavy atom. The zero-order chi connectivity index (χ0) is 29.1. The highest BCUT2D eigenvalue weighted by Gasteiger charge is 2.18. The maximum absolute atomic E-state index is 13.4. The third-order valence-electron chi connectivity index (χ3n) is 6.22. The van der Waals surface area contributed by atoms with Gasteiger partial charge in [0.05, 0.1) is 24.1 Å². The molecule has 0 aliphatic carbocycles. The first kappa shape index (κ1) is 27.9. The van der Waals surface area contributed by atoms with Crippen LogP contribution in [-0.2, 0) is 11.3 Å². The summed E-state index contributed by atoms with van der Waals surface area (Å²) >= 11 is 11.1. The van der Waals surface area contributed by atoms with E-state index in [9.17, 15) is 9.18 Å². The van der Waals surface area contributed by atoms with E-state index < -0.39 is 0 Å². The first-order valence-corrected chi connectivity index (χ1v) is 14.8. The highest BCUT2D eigenvalue weighted by Crippen LogP contribution is 2.33. The zero-order valence-corrected chi connectivity index (χ0v) is 24.9. The van der Waals surface area contributed by atoms with Crippen molar-refractivity contribution in [3.05, 3.63) is 122 Å². The van der Waals surface area contributed by atoms with Gasteiger partial charge in [-0.3, -0.25) is 9.79 Å². The predicted molar refractivity (Wildman–Crippen MR) is 166 cm³/mol. The van der Waals surface area contributed by atoms with Crippen LogP contribution in [0.1, 0.15) is 11.1 Å². The van der Waals surface area contributed by atoms with Crippen LogP contribution in [0.15, 0.2) is 105 Å². The largest absolute Gasteiger partial charge is 0.482 e. The van der Waals surface area contributed by atoms with E-state index in [0.29, 0.717) is 39.3 Å². The van der Waals surface area contributed by atoms with Crippen LogP contribution in [0.3, 0.4) is 0 Å². The molecule has 0 spiro atoms. The highest BCUT2D eigenvalue weighted by molar-refractivity contribution is 9.10. The number of benzene rings is 4. The van der Waals surface area contributed by atoms with E-state index in [2.05, 4.69) is 21.2 Å². The second-order valence-electron chi connectivity index (χ2n) is 9.19. The average molecular weight is 664 g/mol. The van der Waals surface area contributed by atoms with Crippen LogP contribution >= 0.6 is 38.9 Å². The van der Waals surface area contributed by atoms with Gasteiger partial charge in [-0.15, -0.1) is 11.3 Å². The van der Waals surface area contributed by atoms with E-state index >= 15 is 0 Å². The maximum atomic E-state index is 13.4. The van der Waals surface area contributed by atoms with Gasteiger partial charge in [0.1, 0.15) is 23.1 Å². The van der Waals surface area contributed by atoms with Crippen molar-refractivity contribution in [1.82, 2.24) is 4.68 Å². The first-order chi connectivity index (χ1) is 20.4. The Hall–Kier alpha value is -4.25. The van der Waals surface area contributed by atoms with Gasteiger partial charge in [0, 0.05) is 26.0 Å². The number of carbonyl (C=O) groups excluding carboxylic acids is 1. The summed E-state index contributed by atoms with van der Waals surface area (Å²) in [5.74, 6) is 1.25. The number of aromatic nitrogens is 1. The molecule has 1 aliphatic heterocycles. The number of nitrogens with zero attached hydrogens (tertiary/aromatic N) is 3. The fraction of sp³-hybridized carbons (Fsp3) is 0.0645. The molecule has 7 nitrogen and oxygen atoms in total. The van der Waals surface area contributed by atoms with Crippen molar-refractivity contribution < 1.29 is 18.7 Å². The molecule has 1 amide bonds. The lowest BCUT2D eigenvalue weighted by Gasteiger charge is -2.18. The molecule has 0 saturated heterocycles. The molecule has 5 aromatic rings. The molecular formula is C31H21BrClFN4O3S. The van der Waals surface area contributed by atoms with Crippen molar-refractivity contribution in [1.29, 1.82) is 0 Å². The number of nitrogens with one attached hydrogen (secondary N) is 1. The van der Waals surface area contributed by atoms with Gasteiger partial charge in [-0.25, -0.2) is 9.07 Å². The van der Waals surface area contributed by atoms with Crippen molar-refractivity contribution >= 4 is 56.7 Å². The standard InChI is InChI=1S/C31H21BrClFN4O3S/c32-22-8-6-21(29(13-22)41-25-3-1-2-23(33)14-25)16-36-38-27(20-7-11-28-26(12-20)37-30(39)17-40-28)18-42-31(38)35-15-19-4-9-24(34)10-5-19/h1-14,16,18H,15,17H2,(H,37,39)/b35-31?,36-16+. The van der Waals surface area contributed by atoms with Crippen LogP contribution in [0.2, 0.25) is 5.02 Å². The normalized spacial score (nSPS) is 13.1. The van der Waals surface area contributed by atoms with Gasteiger partial charge in [-0.05, 0) is 72.3 Å². The smallest absolute Gasteiger partial charge is 0.262 e. The summed E-state index contributed by atoms with van der Waals surface area (Å²) in [6.45, 7) is 0.319. The minimum atomic E-state index is -0.300. The van der Waals surface area contributed by atoms with Crippen molar-refractivity contribution in [3.8, 4) is 28.5 Å². The minimum Gasteiger partial charge on any atom is -0.482 e. The number of fused-ring (bicyclic) bond motifs is 1. The number of thiazole rings is 1. The number of carbonyl (C=O) groups is 1. The van der Waals surface area contributed by atoms with Crippen LogP contribution < -0.4 is 19.6 Å². The van der Waals surface area contributed by atoms with Gasteiger partial charge in [-0.2, -0.15) is 5.10 Å². The van der Waals surface area contributed by atoms with E-state index in [1.807, 2.05) is 53.9 Å². The summed E-state index contributed by atoms with van der Waals surface area (Å²) in [5, 5.41) is 10.2. The summed E-state index contributed by atoms with van der Waals surface area (Å²) < 4.78 is 27.7. The Morgan fingerprint density at radius 2 is 1.95 bits per heavy atom. The summed E-state index contributed by atoms with van der Waals surface area (Å²) in [6, 6.07) is 24.6. The molecule has 0 bridgehead atoms. The van der Waals surface area contributed by atoms with Crippen LogP contribution in [-0.4, -0.2) is 23.4 Å². The number of halogens is 3. The fourth-order valence-corrected chi connectivity index (χ4v) is 5.55. The molecule has 1 aromatic heterocycles. The number of rotatable bonds is 7. The Balaban J connectivity index is 1.41. The van der Waals surface area contributed by atoms with Crippen molar-refractivity contribution in [2.75, 3.05) is 11.9 Å². The predicted octanol–water partition coefficient (Wildman–Crippen LogP) is 7.88. The minimum absolute atomic E-state index is 0.0196. The van der Waals surface area contributed by atoms with Gasteiger partial charge >= 0.3 is 0 Å². The number of ether oxygens (including phenoxy) is 2. The Kier molecular flexibility index (Phi) is 8.18. The van der Waals surface area contributed by atoms with Gasteiger partial charge in [0.2, 0.25) is 4.80 Å². The highest BCUT2D eigenvalue weighted by atomic mass is 79.9. The number of amides is 1. The van der Waals surface area contributed by atoms with Gasteiger partial charge in [0.15, 0.2) is 6.61 Å². The van der Waals surface area contributed by atoms with E-state index in [4.69, 9.17) is 31.2 Å². The van der Waals surface area contributed by atoms with Crippen LogP contribution in [0.25, 0.3) is 11.3 Å². The van der Waals surface area contributed by atoms with E-state index in [1.165, 1.54) is 23.5 Å². The van der Waals surface area contributed by atoms with Crippen LogP contribution in [0.4, 0.5) is 10.1 Å². The lowest BCUT2D eigenvalue weighted by Crippen LogP contribution is -2.25. The summed E-state index contributed by atoms with van der Waals surface area (Å²) in [5.41, 5.74) is 3.73. The molecule has 0 atom stereocenters. The zero-order valence-electron chi connectivity index (χ0n) is 21.8. The SMILES string of the molecule is O=C1COc2ccc(-c3csc(=NCc4ccc(F)cc4)n3/N=C/c3ccc(Br)cc3Oc3cccc(Cl)c3)cc2N1. The number of anilines is 1. The molecule has 210 valence electrons. The number of hydrogen-bond acceptors (Lipinski definition) is 6. The molecule has 0 unspecified atom stereocenters. The Morgan fingerprint density at radius 1 is 1.10 bits per heavy atom. The Bertz CT molecular complexity index is 1890. The van der Waals surface area contributed by atoms with Gasteiger partial charge in [0.25, 0.3) is 5.91 Å². The summed E-state index contributed by atoms with van der Waals surface area (Å²) in [4.78, 5) is 17.3. The third-order valence-corrected chi connectivity index (χ3v) is 7.80. The molecule has 11 heteroatoms. The molecule has 6 rings (SSSR count). The summed E-state index contributed by atoms with van der Waals surface area (Å²) in [6.07, 6.45) is 1.70. The monoisotopic (exact) mass is 662 g/mol. The van der Waals surface area contributed by atoms with E-state index in [1.54, 1.807) is 35.2 Å². The molecule has 4 aromatic carbocycles. The van der Waals surface area contributed by atoms with Gasteiger partial charge < -0.3 is 14.8 Å². The van der Waals surface area contributed by atoms with Crippen molar-refractivity contribution in [3.63, 3.8) is 0 Å². The third kappa shape index (κ3) is 6.46. The lowest BCUT2D eigenvalue weighted by molar-refractivity contribution is -0.118. The maximum Gasteiger partial charge on any atom is 0.262 e. The molecule has 0 radical (unpaired) electrons. The van der Waals surface area contributed by atoms with E-state index in [0.717, 1.165) is 26.9 Å². The first-order valence-electron chi connectivity index (χ1n) is 12.7. The molecule has 1 aliphatic rings. The van der Waals surface area contributed by atoms with Crippen LogP contribution in [0.5, 0.6) is 17.2 Å². The summed E-state index contributed by atoms with van der Waals surface area (Å²) in [7, 11) is 0. The second-order valence-corrected chi connectivity index (χ2v) is 11.4. The topological polar surface area (TPSA) is 77.2 Å². The second kappa shape index (κ2) is 12.3. The molecule has 0 saturated carbocycles. The molecular weight excluding hydrogens is 643 g/mol. The molecule has 1 N–H and O–H groups in total. The van der Waals surface area contributed by atoms with Gasteiger partial charge in [-0.1, -0.05) is 45.7 Å². The van der Waals surface area contributed by atoms with E-state index in [-0.39, 0.29) is 18.3 Å². The van der Waals surface area contributed by atoms with Crippen molar-refractivity contribution in [2.24, 2.45) is 10.1 Å². The molecule has 0 fully saturated rings. The van der Waals surface area contributed by atoms with Crippen molar-refractivity contribution in [2.45, 2.75) is 6.54 Å². The number of hydrogen-bond donors (Lipinski definition) is 1. The van der Waals surface area contributed by atoms with Crippen LogP contribution in [0, 0.1) is 5.82 Å². The Labute approximate surface area is 257 Å². The molecule has 2 heterocycles.